The Labute approximate surface area is 140 Å². The molecule has 0 saturated heterocycles. The average Bonchev–Trinajstić information content (AvgIpc) is 2.53. The molecule has 1 heterocycles. The van der Waals surface area contributed by atoms with Gasteiger partial charge in [-0.25, -0.2) is 0 Å². The van der Waals surface area contributed by atoms with Crippen LogP contribution in [-0.2, 0) is 0 Å². The quantitative estimate of drug-likeness (QED) is 0.481. The summed E-state index contributed by atoms with van der Waals surface area (Å²) in [7, 11) is 0. The third kappa shape index (κ3) is 8.04. The van der Waals surface area contributed by atoms with Crippen molar-refractivity contribution in [3.05, 3.63) is 12.1 Å². The van der Waals surface area contributed by atoms with Gasteiger partial charge in [-0.1, -0.05) is 20.8 Å². The van der Waals surface area contributed by atoms with Crippen LogP contribution in [0.4, 0.5) is 11.5 Å². The summed E-state index contributed by atoms with van der Waals surface area (Å²) in [5, 5.41) is 6.60. The molecule has 0 aliphatic rings. The molecule has 4 N–H and O–H groups in total. The molecule has 0 aliphatic carbocycles. The first-order chi connectivity index (χ1) is 11.2. The molecule has 0 bridgehead atoms. The lowest BCUT2D eigenvalue weighted by atomic mass is 10.3. The zero-order valence-corrected chi connectivity index (χ0v) is 14.9. The Hall–Kier alpha value is -1.53. The molecule has 1 aromatic heterocycles. The van der Waals surface area contributed by atoms with Gasteiger partial charge in [0, 0.05) is 50.5 Å². The SMILES string of the molecule is CCCN(CCC)c1cc(N)nc(OCCNCCNCC)c1. The Morgan fingerprint density at radius 3 is 2.39 bits per heavy atom. The highest BCUT2D eigenvalue weighted by molar-refractivity contribution is 5.55. The topological polar surface area (TPSA) is 75.4 Å². The van der Waals surface area contributed by atoms with Gasteiger partial charge in [-0.15, -0.1) is 0 Å². The van der Waals surface area contributed by atoms with Gasteiger partial charge in [-0.3, -0.25) is 0 Å². The van der Waals surface area contributed by atoms with Gasteiger partial charge in [0.05, 0.1) is 0 Å². The van der Waals surface area contributed by atoms with Gasteiger partial charge in [0.2, 0.25) is 5.88 Å². The van der Waals surface area contributed by atoms with Crippen LogP contribution in [0.25, 0.3) is 0 Å². The van der Waals surface area contributed by atoms with E-state index in [4.69, 9.17) is 10.5 Å². The third-order valence-corrected chi connectivity index (χ3v) is 3.42. The molecule has 0 unspecified atom stereocenters. The lowest BCUT2D eigenvalue weighted by molar-refractivity contribution is 0.303. The monoisotopic (exact) mass is 323 g/mol. The van der Waals surface area contributed by atoms with Crippen LogP contribution in [-0.4, -0.2) is 50.9 Å². The Kier molecular flexibility index (Phi) is 10.2. The van der Waals surface area contributed by atoms with Gasteiger partial charge in [-0.2, -0.15) is 4.98 Å². The van der Waals surface area contributed by atoms with Crippen LogP contribution in [0.5, 0.6) is 5.88 Å². The Morgan fingerprint density at radius 1 is 1.04 bits per heavy atom. The van der Waals surface area contributed by atoms with Gasteiger partial charge in [0.25, 0.3) is 0 Å². The largest absolute Gasteiger partial charge is 0.476 e. The molecule has 6 nitrogen and oxygen atoms in total. The van der Waals surface area contributed by atoms with E-state index in [1.165, 1.54) is 0 Å². The first kappa shape index (κ1) is 19.5. The fourth-order valence-electron chi connectivity index (χ4n) is 2.38. The highest BCUT2D eigenvalue weighted by Gasteiger charge is 2.08. The number of aromatic nitrogens is 1. The lowest BCUT2D eigenvalue weighted by Crippen LogP contribution is -2.30. The number of anilines is 2. The van der Waals surface area contributed by atoms with E-state index in [1.807, 2.05) is 12.1 Å². The molecular formula is C17H33N5O. The van der Waals surface area contributed by atoms with E-state index in [9.17, 15) is 0 Å². The van der Waals surface area contributed by atoms with Crippen molar-refractivity contribution in [2.45, 2.75) is 33.6 Å². The van der Waals surface area contributed by atoms with Crippen molar-refractivity contribution in [2.75, 3.05) is 56.5 Å². The molecule has 0 atom stereocenters. The number of nitrogens with one attached hydrogen (secondary N) is 2. The molecule has 132 valence electrons. The van der Waals surface area contributed by atoms with Gasteiger partial charge in [-0.05, 0) is 19.4 Å². The Morgan fingerprint density at radius 2 is 1.74 bits per heavy atom. The summed E-state index contributed by atoms with van der Waals surface area (Å²) in [6.07, 6.45) is 2.21. The second-order valence-electron chi connectivity index (χ2n) is 5.53. The summed E-state index contributed by atoms with van der Waals surface area (Å²) in [5.41, 5.74) is 7.03. The fraction of sp³-hybridized carbons (Fsp3) is 0.706. The van der Waals surface area contributed by atoms with Crippen LogP contribution < -0.4 is 26.0 Å². The summed E-state index contributed by atoms with van der Waals surface area (Å²) in [5.74, 6) is 1.11. The molecule has 0 fully saturated rings. The minimum absolute atomic E-state index is 0.509. The van der Waals surface area contributed by atoms with Gasteiger partial charge < -0.3 is 26.0 Å². The minimum Gasteiger partial charge on any atom is -0.476 e. The zero-order chi connectivity index (χ0) is 16.9. The average molecular weight is 323 g/mol. The first-order valence-electron chi connectivity index (χ1n) is 8.77. The smallest absolute Gasteiger partial charge is 0.217 e. The first-order valence-corrected chi connectivity index (χ1v) is 8.77. The molecule has 0 saturated carbocycles. The number of rotatable bonds is 13. The maximum Gasteiger partial charge on any atom is 0.217 e. The maximum absolute atomic E-state index is 5.93. The predicted molar refractivity (Wildman–Crippen MR) is 98.4 cm³/mol. The zero-order valence-electron chi connectivity index (χ0n) is 14.9. The molecule has 1 aromatic rings. The molecule has 0 aromatic carbocycles. The number of nitrogens with two attached hydrogens (primary N) is 1. The van der Waals surface area contributed by atoms with E-state index in [-0.39, 0.29) is 0 Å². The number of hydrogen-bond donors (Lipinski definition) is 3. The van der Waals surface area contributed by atoms with Gasteiger partial charge >= 0.3 is 0 Å². The highest BCUT2D eigenvalue weighted by Crippen LogP contribution is 2.23. The van der Waals surface area contributed by atoms with Gasteiger partial charge in [0.15, 0.2) is 0 Å². The predicted octanol–water partition coefficient (Wildman–Crippen LogP) is 1.87. The van der Waals surface area contributed by atoms with Crippen molar-refractivity contribution in [1.82, 2.24) is 15.6 Å². The van der Waals surface area contributed by atoms with Crippen LogP contribution in [0, 0.1) is 0 Å². The van der Waals surface area contributed by atoms with Crippen molar-refractivity contribution in [3.8, 4) is 5.88 Å². The molecule has 0 spiro atoms. The second kappa shape index (κ2) is 12.0. The Bertz CT molecular complexity index is 421. The number of pyridine rings is 1. The van der Waals surface area contributed by atoms with Crippen LogP contribution in [0.3, 0.4) is 0 Å². The summed E-state index contributed by atoms with van der Waals surface area (Å²) in [6.45, 7) is 12.8. The molecule has 0 radical (unpaired) electrons. The standard InChI is InChI=1S/C17H33N5O/c1-4-10-22(11-5-2)15-13-16(18)21-17(14-15)23-12-9-20-8-7-19-6-3/h13-14,19-20H,4-12H2,1-3H3,(H2,18,21). The highest BCUT2D eigenvalue weighted by atomic mass is 16.5. The van der Waals surface area contributed by atoms with Crippen LogP contribution in [0.1, 0.15) is 33.6 Å². The normalized spacial score (nSPS) is 10.7. The van der Waals surface area contributed by atoms with E-state index in [0.717, 1.165) is 57.8 Å². The number of ether oxygens (including phenoxy) is 1. The van der Waals surface area contributed by atoms with Crippen molar-refractivity contribution in [2.24, 2.45) is 0 Å². The Balaban J connectivity index is 2.49. The summed E-state index contributed by atoms with van der Waals surface area (Å²) in [6, 6.07) is 3.91. The van der Waals surface area contributed by atoms with Crippen molar-refractivity contribution >= 4 is 11.5 Å². The number of nitrogens with zero attached hydrogens (tertiary/aromatic N) is 2. The van der Waals surface area contributed by atoms with Crippen LogP contribution in [0.2, 0.25) is 0 Å². The van der Waals surface area contributed by atoms with E-state index in [1.54, 1.807) is 0 Å². The molecule has 6 heteroatoms. The number of hydrogen-bond acceptors (Lipinski definition) is 6. The third-order valence-electron chi connectivity index (χ3n) is 3.42. The maximum atomic E-state index is 5.93. The number of nitrogen functional groups attached to an aromatic ring is 1. The number of likely N-dealkylation sites (N-methyl/N-ethyl adjacent to an activating group) is 1. The van der Waals surface area contributed by atoms with E-state index >= 15 is 0 Å². The molecular weight excluding hydrogens is 290 g/mol. The summed E-state index contributed by atoms with van der Waals surface area (Å²) < 4.78 is 5.74. The summed E-state index contributed by atoms with van der Waals surface area (Å²) in [4.78, 5) is 6.61. The molecule has 0 aliphatic heterocycles. The van der Waals surface area contributed by atoms with Crippen LogP contribution in [0.15, 0.2) is 12.1 Å². The van der Waals surface area contributed by atoms with Gasteiger partial charge in [0.1, 0.15) is 12.4 Å². The summed E-state index contributed by atoms with van der Waals surface area (Å²) >= 11 is 0. The van der Waals surface area contributed by atoms with E-state index < -0.39 is 0 Å². The van der Waals surface area contributed by atoms with Crippen molar-refractivity contribution in [1.29, 1.82) is 0 Å². The molecule has 0 amide bonds. The van der Waals surface area contributed by atoms with Crippen molar-refractivity contribution in [3.63, 3.8) is 0 Å². The van der Waals surface area contributed by atoms with E-state index in [2.05, 4.69) is 41.3 Å². The second-order valence-corrected chi connectivity index (χ2v) is 5.53. The van der Waals surface area contributed by atoms with Crippen LogP contribution >= 0.6 is 0 Å². The fourth-order valence-corrected chi connectivity index (χ4v) is 2.38. The lowest BCUT2D eigenvalue weighted by Gasteiger charge is -2.24. The molecule has 23 heavy (non-hydrogen) atoms. The molecule has 1 rings (SSSR count). The van der Waals surface area contributed by atoms with Crippen molar-refractivity contribution < 1.29 is 4.74 Å². The minimum atomic E-state index is 0.509. The van der Waals surface area contributed by atoms with E-state index in [0.29, 0.717) is 18.3 Å².